The number of nitrogens with zero attached hydrogens (tertiary/aromatic N) is 6. The molecular weight excluding hydrogens is 1790 g/mol. The molecule has 0 bridgehead atoms. The number of aromatic nitrogens is 6. The summed E-state index contributed by atoms with van der Waals surface area (Å²) in [4.78, 5) is 0. The van der Waals surface area contributed by atoms with Crippen molar-refractivity contribution in [1.82, 2.24) is 27.4 Å². The lowest BCUT2D eigenvalue weighted by Crippen LogP contribution is -1.94. The van der Waals surface area contributed by atoms with Crippen LogP contribution in [0.2, 0.25) is 0 Å². The summed E-state index contributed by atoms with van der Waals surface area (Å²) in [5, 5.41) is 29.0. The van der Waals surface area contributed by atoms with Gasteiger partial charge in [0.2, 0.25) is 0 Å². The lowest BCUT2D eigenvalue weighted by Gasteiger charge is -2.10. The van der Waals surface area contributed by atoms with Crippen molar-refractivity contribution in [1.29, 1.82) is 0 Å². The molecule has 0 N–H and O–H groups in total. The highest BCUT2D eigenvalue weighted by molar-refractivity contribution is 6.29. The lowest BCUT2D eigenvalue weighted by atomic mass is 9.99. The van der Waals surface area contributed by atoms with Gasteiger partial charge in [-0.3, -0.25) is 0 Å². The molecule has 684 valence electrons. The summed E-state index contributed by atoms with van der Waals surface area (Å²) in [6.07, 6.45) is 0. The van der Waals surface area contributed by atoms with E-state index in [1.165, 1.54) is 208 Å². The second-order valence-electron chi connectivity index (χ2n) is 38.9. The van der Waals surface area contributed by atoms with Gasteiger partial charge in [0.25, 0.3) is 0 Å². The highest BCUT2D eigenvalue weighted by Gasteiger charge is 2.27. The Morgan fingerprint density at radius 3 is 0.782 bits per heavy atom. The molecule has 9 heteroatoms. The third-order valence-corrected chi connectivity index (χ3v) is 30.8. The summed E-state index contributed by atoms with van der Waals surface area (Å²) >= 11 is 0. The van der Waals surface area contributed by atoms with Crippen molar-refractivity contribution < 1.29 is 13.3 Å². The van der Waals surface area contributed by atoms with Gasteiger partial charge in [0.1, 0.15) is 33.5 Å². The molecule has 9 heterocycles. The molecule has 0 amide bonds. The fourth-order valence-corrected chi connectivity index (χ4v) is 24.1. The molecule has 33 rings (SSSR count). The second kappa shape index (κ2) is 32.4. The van der Waals surface area contributed by atoms with Crippen molar-refractivity contribution in [3.8, 4) is 67.5 Å². The van der Waals surface area contributed by atoms with E-state index < -0.39 is 0 Å². The number of hydrogen-bond donors (Lipinski definition) is 0. The highest BCUT2D eigenvalue weighted by atomic mass is 16.3. The van der Waals surface area contributed by atoms with E-state index in [1.54, 1.807) is 0 Å². The molecule has 0 fully saturated rings. The summed E-state index contributed by atoms with van der Waals surface area (Å²) < 4.78 is 33.6. The maximum Gasteiger partial charge on any atom is 0.137 e. The van der Waals surface area contributed by atoms with Crippen LogP contribution in [-0.4, -0.2) is 27.4 Å². The van der Waals surface area contributed by atoms with Crippen molar-refractivity contribution in [2.75, 3.05) is 0 Å². The fraction of sp³-hybridized carbons (Fsp3) is 0. The molecule has 33 aromatic rings. The lowest BCUT2D eigenvalue weighted by molar-refractivity contribution is 0.669. The molecule has 0 atom stereocenters. The zero-order chi connectivity index (χ0) is 96.2. The molecule has 24 aromatic carbocycles. The van der Waals surface area contributed by atoms with E-state index in [0.717, 1.165) is 88.4 Å². The van der Waals surface area contributed by atoms with Crippen molar-refractivity contribution in [3.63, 3.8) is 0 Å². The van der Waals surface area contributed by atoms with E-state index in [0.29, 0.717) is 0 Å². The van der Waals surface area contributed by atoms with Crippen LogP contribution < -0.4 is 0 Å². The Kier molecular flexibility index (Phi) is 18.1. The Labute approximate surface area is 840 Å². The van der Waals surface area contributed by atoms with Gasteiger partial charge >= 0.3 is 0 Å². The van der Waals surface area contributed by atoms with Crippen molar-refractivity contribution >= 4 is 229 Å². The van der Waals surface area contributed by atoms with E-state index >= 15 is 0 Å². The Morgan fingerprint density at radius 1 is 0.109 bits per heavy atom. The molecule has 147 heavy (non-hydrogen) atoms. The van der Waals surface area contributed by atoms with Gasteiger partial charge in [0.05, 0.1) is 66.2 Å². The molecule has 0 saturated carbocycles. The fourth-order valence-electron chi connectivity index (χ4n) is 24.1. The average molecular weight is 1870 g/mol. The Bertz CT molecular complexity index is 11200. The van der Waals surface area contributed by atoms with E-state index in [1.807, 2.05) is 18.2 Å². The van der Waals surface area contributed by atoms with Crippen LogP contribution in [-0.2, 0) is 0 Å². The molecular formula is C138H84N6O3. The molecule has 0 aliphatic heterocycles. The van der Waals surface area contributed by atoms with Crippen LogP contribution in [0.15, 0.2) is 523 Å². The van der Waals surface area contributed by atoms with Gasteiger partial charge in [0.15, 0.2) is 0 Å². The first-order chi connectivity index (χ1) is 72.9. The average Bonchev–Trinajstić information content (AvgIpc) is 1.56. The minimum Gasteiger partial charge on any atom is -0.456 e. The summed E-state index contributed by atoms with van der Waals surface area (Å²) in [5.74, 6) is 0. The Balaban J connectivity index is 0.0000000999. The third kappa shape index (κ3) is 12.9. The van der Waals surface area contributed by atoms with Gasteiger partial charge in [-0.05, 0) is 278 Å². The van der Waals surface area contributed by atoms with Crippen molar-refractivity contribution in [2.24, 2.45) is 0 Å². The predicted octanol–water partition coefficient (Wildman–Crippen LogP) is 37.8. The Morgan fingerprint density at radius 2 is 0.374 bits per heavy atom. The summed E-state index contributed by atoms with van der Waals surface area (Å²) in [5.41, 5.74) is 33.8. The van der Waals surface area contributed by atoms with Crippen molar-refractivity contribution in [2.45, 2.75) is 0 Å². The van der Waals surface area contributed by atoms with Crippen LogP contribution in [0.5, 0.6) is 0 Å². The SMILES string of the molecule is c1ccc(-n2c3ccccc3c3cc(-c4ccc5c(c4)c4c6c(ccc4n5-c4ccc5ccccc5c4)oc4ccccc46)ccc32)cc1.c1ccc(-n2c3ccccc3c3cc(-c4ccc5c(c4)c4cc6c(cc4n5-c4ccc5ccccc5c4)oc4ccccc46)ccc32)cc1.c1ccc(-n2c3ccccc3c3cc(-c4ccc5c(c4)c4cc6oc7ccccc7c6cc4n5-c4ccc5ccccc5c4)ccc32)cc1. The predicted molar refractivity (Wildman–Crippen MR) is 616 cm³/mol. The number of hydrogen-bond acceptors (Lipinski definition) is 3. The summed E-state index contributed by atoms with van der Waals surface area (Å²) in [7, 11) is 0. The number of rotatable bonds is 9. The number of fused-ring (bicyclic) bond motifs is 31. The molecule has 0 spiro atoms. The van der Waals surface area contributed by atoms with Gasteiger partial charge in [-0.15, -0.1) is 0 Å². The smallest absolute Gasteiger partial charge is 0.137 e. The number of benzene rings is 24. The largest absolute Gasteiger partial charge is 0.456 e. The summed E-state index contributed by atoms with van der Waals surface area (Å²) in [6.45, 7) is 0. The summed E-state index contributed by atoms with van der Waals surface area (Å²) in [6, 6.07) is 184. The van der Waals surface area contributed by atoms with Gasteiger partial charge in [-0.1, -0.05) is 291 Å². The van der Waals surface area contributed by atoms with Crippen LogP contribution in [0.4, 0.5) is 0 Å². The first-order valence-electron chi connectivity index (χ1n) is 50.3. The van der Waals surface area contributed by atoms with E-state index in [4.69, 9.17) is 13.3 Å². The minimum absolute atomic E-state index is 0.902. The van der Waals surface area contributed by atoms with Gasteiger partial charge in [-0.25, -0.2) is 0 Å². The third-order valence-electron chi connectivity index (χ3n) is 30.8. The first-order valence-corrected chi connectivity index (χ1v) is 50.3. The zero-order valence-corrected chi connectivity index (χ0v) is 79.4. The normalized spacial score (nSPS) is 12.1. The minimum atomic E-state index is 0.902. The second-order valence-corrected chi connectivity index (χ2v) is 38.9. The monoisotopic (exact) mass is 1870 g/mol. The zero-order valence-electron chi connectivity index (χ0n) is 79.4. The van der Waals surface area contributed by atoms with E-state index in [9.17, 15) is 0 Å². The molecule has 9 nitrogen and oxygen atoms in total. The molecule has 0 aliphatic carbocycles. The van der Waals surface area contributed by atoms with E-state index in [-0.39, 0.29) is 0 Å². The van der Waals surface area contributed by atoms with Gasteiger partial charge in [-0.2, -0.15) is 0 Å². The van der Waals surface area contributed by atoms with Crippen LogP contribution in [0.1, 0.15) is 0 Å². The van der Waals surface area contributed by atoms with Crippen LogP contribution in [0, 0.1) is 0 Å². The van der Waals surface area contributed by atoms with Crippen LogP contribution >= 0.6 is 0 Å². The van der Waals surface area contributed by atoms with Gasteiger partial charge < -0.3 is 40.7 Å². The topological polar surface area (TPSA) is 69.0 Å². The quantitative estimate of drug-likeness (QED) is 0.145. The Hall–Kier alpha value is -19.7. The molecule has 0 saturated heterocycles. The van der Waals surface area contributed by atoms with E-state index in [2.05, 4.69) is 519 Å². The number of para-hydroxylation sites is 9. The molecule has 0 radical (unpaired) electrons. The standard InChI is InChI=1S/3C46H28N2O/c1-2-12-33(13-3-1)47-41-16-8-6-14-35(41)37-25-31(19-22-42(37)47)32-20-23-43-38(26-32)39-28-46-40(36-15-7-9-17-45(36)49-46)27-44(39)48(43)34-21-18-29-10-4-5-11-30(29)24-34;1-2-12-33(13-3-1)47-41-16-8-6-14-35(41)37-25-31(19-22-42(37)47)32-20-23-43-38(26-32)39-27-40-36-15-7-9-17-45(36)49-46(40)28-44(39)48(43)34-21-18-29-10-4-5-11-30(29)24-34;1-2-12-33(13-3-1)47-39-16-8-6-14-35(39)37-27-31(19-22-40(37)47)32-20-23-41-38(28-32)45-42(24-25-44-46(45)36-15-7-9-17-43(36)49-44)48(41)34-21-18-29-10-4-5-11-30(29)26-34/h3*1-28H. The van der Waals surface area contributed by atoms with Crippen molar-refractivity contribution in [3.05, 3.63) is 510 Å². The molecule has 9 aromatic heterocycles. The molecule has 0 unspecified atom stereocenters. The highest BCUT2D eigenvalue weighted by Crippen LogP contribution is 2.49. The first kappa shape index (κ1) is 82.0. The number of furan rings is 3. The van der Waals surface area contributed by atoms with Gasteiger partial charge in [0, 0.05) is 137 Å². The molecule has 0 aliphatic rings. The maximum atomic E-state index is 6.41. The van der Waals surface area contributed by atoms with Crippen LogP contribution in [0.25, 0.3) is 296 Å². The maximum absolute atomic E-state index is 6.41. The van der Waals surface area contributed by atoms with Crippen LogP contribution in [0.3, 0.4) is 0 Å².